The van der Waals surface area contributed by atoms with E-state index in [2.05, 4.69) is 22.3 Å². The van der Waals surface area contributed by atoms with Gasteiger partial charge in [0, 0.05) is 5.75 Å². The Balaban J connectivity index is 1.59. The highest BCUT2D eigenvalue weighted by Gasteiger charge is 2.18. The topological polar surface area (TPSA) is 61.4 Å². The van der Waals surface area contributed by atoms with Gasteiger partial charge < -0.3 is 4.74 Å². The first kappa shape index (κ1) is 18.9. The van der Waals surface area contributed by atoms with E-state index in [0.29, 0.717) is 17.0 Å². The van der Waals surface area contributed by atoms with Gasteiger partial charge in [-0.1, -0.05) is 54.2 Å². The van der Waals surface area contributed by atoms with Crippen molar-refractivity contribution in [2.45, 2.75) is 17.5 Å². The minimum Gasteiger partial charge on any atom is -0.497 e. The Morgan fingerprint density at radius 2 is 1.80 bits per heavy atom. The molecule has 0 saturated carbocycles. The molecule has 0 atom stereocenters. The largest absolute Gasteiger partial charge is 0.497 e. The van der Waals surface area contributed by atoms with Gasteiger partial charge in [0.2, 0.25) is 5.78 Å². The first-order chi connectivity index (χ1) is 14.7. The second-order valence-electron chi connectivity index (χ2n) is 6.77. The molecule has 3 aromatic heterocycles. The van der Waals surface area contributed by atoms with Gasteiger partial charge in [0.05, 0.1) is 19.2 Å². The fraction of sp³-hybridized carbons (Fsp3) is 0.136. The maximum Gasteiger partial charge on any atom is 0.273 e. The molecule has 3 heterocycles. The van der Waals surface area contributed by atoms with Gasteiger partial charge in [-0.2, -0.15) is 0 Å². The Bertz CT molecular complexity index is 1370. The van der Waals surface area contributed by atoms with Crippen molar-refractivity contribution in [3.63, 3.8) is 0 Å². The minimum atomic E-state index is -0.0460. The first-order valence-electron chi connectivity index (χ1n) is 9.39. The number of thioether (sulfide) groups is 1. The maximum atomic E-state index is 13.2. The van der Waals surface area contributed by atoms with Crippen LogP contribution in [0.4, 0.5) is 0 Å². The van der Waals surface area contributed by atoms with E-state index in [4.69, 9.17) is 4.74 Å². The van der Waals surface area contributed by atoms with Crippen LogP contribution in [0.2, 0.25) is 0 Å². The van der Waals surface area contributed by atoms with Crippen molar-refractivity contribution in [3.8, 4) is 5.75 Å². The van der Waals surface area contributed by atoms with Gasteiger partial charge in [0.15, 0.2) is 5.16 Å². The number of rotatable bonds is 6. The fourth-order valence-corrected chi connectivity index (χ4v) is 5.09. The molecule has 2 aromatic carbocycles. The van der Waals surface area contributed by atoms with Crippen LogP contribution in [-0.2, 0) is 12.3 Å². The molecule has 0 amide bonds. The van der Waals surface area contributed by atoms with Crippen LogP contribution in [0.5, 0.6) is 5.75 Å². The fourth-order valence-electron chi connectivity index (χ4n) is 3.37. The van der Waals surface area contributed by atoms with E-state index in [0.717, 1.165) is 27.7 Å². The molecule has 150 valence electrons. The number of hydrogen-bond acceptors (Lipinski definition) is 6. The molecule has 5 aromatic rings. The van der Waals surface area contributed by atoms with Crippen molar-refractivity contribution >= 4 is 39.1 Å². The SMILES string of the molecule is COc1ccc(Cn2c(=O)c3sccc3n3c(SCc4ccccc4)nnc23)cc1. The predicted molar refractivity (Wildman–Crippen MR) is 121 cm³/mol. The summed E-state index contributed by atoms with van der Waals surface area (Å²) in [5.41, 5.74) is 3.02. The Morgan fingerprint density at radius 3 is 2.57 bits per heavy atom. The number of ether oxygens (including phenoxy) is 1. The van der Waals surface area contributed by atoms with Crippen molar-refractivity contribution in [2.24, 2.45) is 0 Å². The predicted octanol–water partition coefficient (Wildman–Crippen LogP) is 4.45. The third-order valence-corrected chi connectivity index (χ3v) is 6.78. The summed E-state index contributed by atoms with van der Waals surface area (Å²) in [5.74, 6) is 2.12. The normalized spacial score (nSPS) is 11.4. The molecule has 0 saturated heterocycles. The molecule has 0 aliphatic rings. The average Bonchev–Trinajstić information content (AvgIpc) is 3.43. The summed E-state index contributed by atoms with van der Waals surface area (Å²) in [5, 5.41) is 11.5. The van der Waals surface area contributed by atoms with Crippen LogP contribution in [0.3, 0.4) is 0 Å². The van der Waals surface area contributed by atoms with Crippen LogP contribution in [0.1, 0.15) is 11.1 Å². The Kier molecular flexibility index (Phi) is 5.02. The van der Waals surface area contributed by atoms with Crippen molar-refractivity contribution in [3.05, 3.63) is 87.5 Å². The third-order valence-electron chi connectivity index (χ3n) is 4.89. The average molecular weight is 435 g/mol. The van der Waals surface area contributed by atoms with Gasteiger partial charge in [0.1, 0.15) is 10.4 Å². The van der Waals surface area contributed by atoms with E-state index in [1.54, 1.807) is 23.4 Å². The highest BCUT2D eigenvalue weighted by atomic mass is 32.2. The summed E-state index contributed by atoms with van der Waals surface area (Å²) in [6.45, 7) is 0.418. The van der Waals surface area contributed by atoms with Gasteiger partial charge >= 0.3 is 0 Å². The van der Waals surface area contributed by atoms with Crippen LogP contribution in [0.25, 0.3) is 16.0 Å². The van der Waals surface area contributed by atoms with Crippen molar-refractivity contribution < 1.29 is 4.74 Å². The highest BCUT2D eigenvalue weighted by Crippen LogP contribution is 2.26. The third kappa shape index (κ3) is 3.38. The van der Waals surface area contributed by atoms with Crippen molar-refractivity contribution in [2.75, 3.05) is 7.11 Å². The number of methoxy groups -OCH3 is 1. The van der Waals surface area contributed by atoms with E-state index in [-0.39, 0.29) is 5.56 Å². The summed E-state index contributed by atoms with van der Waals surface area (Å²) in [4.78, 5) is 13.2. The van der Waals surface area contributed by atoms with Gasteiger partial charge in [0.25, 0.3) is 5.56 Å². The summed E-state index contributed by atoms with van der Waals surface area (Å²) in [7, 11) is 1.64. The molecule has 30 heavy (non-hydrogen) atoms. The lowest BCUT2D eigenvalue weighted by molar-refractivity contribution is 0.414. The molecule has 5 rings (SSSR count). The second-order valence-corrected chi connectivity index (χ2v) is 8.63. The quantitative estimate of drug-likeness (QED) is 0.370. The molecule has 0 aliphatic heterocycles. The number of fused-ring (bicyclic) bond motifs is 3. The lowest BCUT2D eigenvalue weighted by Crippen LogP contribution is -2.23. The minimum absolute atomic E-state index is 0.0460. The molecule has 0 aliphatic carbocycles. The highest BCUT2D eigenvalue weighted by molar-refractivity contribution is 7.98. The van der Waals surface area contributed by atoms with Crippen LogP contribution >= 0.6 is 23.1 Å². The molecule has 0 fully saturated rings. The maximum absolute atomic E-state index is 13.2. The molecule has 0 spiro atoms. The first-order valence-corrected chi connectivity index (χ1v) is 11.3. The molecule has 0 bridgehead atoms. The smallest absolute Gasteiger partial charge is 0.273 e. The monoisotopic (exact) mass is 434 g/mol. The molecular formula is C22H18N4O2S2. The van der Waals surface area contributed by atoms with E-state index in [1.807, 2.05) is 58.3 Å². The van der Waals surface area contributed by atoms with Crippen LogP contribution < -0.4 is 10.3 Å². The molecule has 0 unspecified atom stereocenters. The lowest BCUT2D eigenvalue weighted by atomic mass is 10.2. The zero-order chi connectivity index (χ0) is 20.5. The standard InChI is InChI=1S/C22H18N4O2S2/c1-28-17-9-7-15(8-10-17)13-25-20(27)19-18(11-12-29-19)26-21(25)23-24-22(26)30-14-16-5-3-2-4-6-16/h2-12H,13-14H2,1H3. The molecule has 0 N–H and O–H groups in total. The Morgan fingerprint density at radius 1 is 1.00 bits per heavy atom. The summed E-state index contributed by atoms with van der Waals surface area (Å²) >= 11 is 3.06. The van der Waals surface area contributed by atoms with E-state index in [1.165, 1.54) is 16.9 Å². The lowest BCUT2D eigenvalue weighted by Gasteiger charge is -2.10. The van der Waals surface area contributed by atoms with Gasteiger partial charge in [-0.25, -0.2) is 0 Å². The number of thiophene rings is 1. The molecule has 6 nitrogen and oxygen atoms in total. The van der Waals surface area contributed by atoms with Crippen molar-refractivity contribution in [1.29, 1.82) is 0 Å². The van der Waals surface area contributed by atoms with E-state index >= 15 is 0 Å². The summed E-state index contributed by atoms with van der Waals surface area (Å²) < 4.78 is 9.62. The molecular weight excluding hydrogens is 416 g/mol. The van der Waals surface area contributed by atoms with Crippen molar-refractivity contribution in [1.82, 2.24) is 19.2 Å². The molecule has 0 radical (unpaired) electrons. The zero-order valence-electron chi connectivity index (χ0n) is 16.2. The van der Waals surface area contributed by atoms with E-state index < -0.39 is 0 Å². The van der Waals surface area contributed by atoms with Crippen LogP contribution in [0.15, 0.2) is 76.0 Å². The number of benzene rings is 2. The number of hydrogen-bond donors (Lipinski definition) is 0. The van der Waals surface area contributed by atoms with Gasteiger partial charge in [-0.15, -0.1) is 21.5 Å². The number of nitrogens with zero attached hydrogens (tertiary/aromatic N) is 4. The number of aromatic nitrogens is 4. The Labute approximate surface area is 180 Å². The van der Waals surface area contributed by atoms with Gasteiger partial charge in [-0.3, -0.25) is 13.8 Å². The van der Waals surface area contributed by atoms with Crippen LogP contribution in [0, 0.1) is 0 Å². The second kappa shape index (κ2) is 7.97. The molecule has 8 heteroatoms. The summed E-state index contributed by atoms with van der Waals surface area (Å²) in [6.07, 6.45) is 0. The van der Waals surface area contributed by atoms with E-state index in [9.17, 15) is 4.79 Å². The van der Waals surface area contributed by atoms with Crippen LogP contribution in [-0.4, -0.2) is 26.3 Å². The Hall–Kier alpha value is -3.10. The van der Waals surface area contributed by atoms with Gasteiger partial charge in [-0.05, 0) is 34.7 Å². The summed E-state index contributed by atoms with van der Waals surface area (Å²) in [6, 6.07) is 19.9. The zero-order valence-corrected chi connectivity index (χ0v) is 17.8.